The predicted octanol–water partition coefficient (Wildman–Crippen LogP) is 2.38. The molecule has 3 rings (SSSR count). The Morgan fingerprint density at radius 3 is 2.74 bits per heavy atom. The van der Waals surface area contributed by atoms with Crippen molar-refractivity contribution in [2.75, 3.05) is 13.1 Å². The van der Waals surface area contributed by atoms with E-state index in [1.54, 1.807) is 6.33 Å². The van der Waals surface area contributed by atoms with E-state index in [0.29, 0.717) is 17.9 Å². The summed E-state index contributed by atoms with van der Waals surface area (Å²) < 4.78 is 0. The molecular formula is C18H28N4O. The van der Waals surface area contributed by atoms with Crippen LogP contribution in [0.3, 0.4) is 0 Å². The normalized spacial score (nSPS) is 25.3. The highest BCUT2D eigenvalue weighted by Crippen LogP contribution is 2.30. The van der Waals surface area contributed by atoms with Crippen LogP contribution in [0.15, 0.2) is 18.7 Å². The van der Waals surface area contributed by atoms with Crippen LogP contribution in [0.2, 0.25) is 0 Å². The summed E-state index contributed by atoms with van der Waals surface area (Å²) in [4.78, 5) is 22.9. The molecule has 1 amide bonds. The molecule has 0 bridgehead atoms. The zero-order valence-corrected chi connectivity index (χ0v) is 14.1. The van der Waals surface area contributed by atoms with Crippen molar-refractivity contribution in [1.29, 1.82) is 0 Å². The van der Waals surface area contributed by atoms with Crippen molar-refractivity contribution in [1.82, 2.24) is 20.2 Å². The molecule has 2 aliphatic rings. The van der Waals surface area contributed by atoms with Crippen LogP contribution in [0.5, 0.6) is 0 Å². The molecular weight excluding hydrogens is 288 g/mol. The quantitative estimate of drug-likeness (QED) is 0.839. The molecule has 0 radical (unpaired) electrons. The van der Waals surface area contributed by atoms with Crippen molar-refractivity contribution in [3.8, 4) is 0 Å². The summed E-state index contributed by atoms with van der Waals surface area (Å²) in [6, 6.07) is 0.298. The van der Waals surface area contributed by atoms with Crippen molar-refractivity contribution in [2.45, 2.75) is 58.0 Å². The summed E-state index contributed by atoms with van der Waals surface area (Å²) in [5.74, 6) is 1.46. The van der Waals surface area contributed by atoms with Gasteiger partial charge in [0.1, 0.15) is 6.33 Å². The van der Waals surface area contributed by atoms with Gasteiger partial charge in [-0.05, 0) is 31.1 Å². The molecule has 1 aromatic heterocycles. The number of aromatic nitrogens is 2. The molecule has 1 saturated carbocycles. The van der Waals surface area contributed by atoms with Gasteiger partial charge in [-0.2, -0.15) is 0 Å². The molecule has 1 N–H and O–H groups in total. The van der Waals surface area contributed by atoms with Gasteiger partial charge in [0.05, 0.1) is 0 Å². The Bertz CT molecular complexity index is 503. The van der Waals surface area contributed by atoms with Gasteiger partial charge in [0.2, 0.25) is 5.91 Å². The van der Waals surface area contributed by atoms with E-state index in [0.717, 1.165) is 31.6 Å². The molecule has 5 nitrogen and oxygen atoms in total. The molecule has 2 fully saturated rings. The third-order valence-corrected chi connectivity index (χ3v) is 5.24. The first kappa shape index (κ1) is 16.4. The lowest BCUT2D eigenvalue weighted by Gasteiger charge is -2.26. The van der Waals surface area contributed by atoms with Crippen LogP contribution in [0, 0.1) is 11.8 Å². The largest absolute Gasteiger partial charge is 0.352 e. The van der Waals surface area contributed by atoms with E-state index < -0.39 is 0 Å². The SMILES string of the molecule is CCC[C@@H]1CN(Cc2cncnc2)C[C@H]1NC(=O)CC1CCC1. The molecule has 0 unspecified atom stereocenters. The number of nitrogens with one attached hydrogen (secondary N) is 1. The van der Waals surface area contributed by atoms with Crippen LogP contribution in [-0.4, -0.2) is 39.9 Å². The van der Waals surface area contributed by atoms with Gasteiger partial charge in [-0.3, -0.25) is 9.69 Å². The van der Waals surface area contributed by atoms with Crippen LogP contribution in [0.4, 0.5) is 0 Å². The molecule has 0 spiro atoms. The zero-order valence-electron chi connectivity index (χ0n) is 14.1. The van der Waals surface area contributed by atoms with Gasteiger partial charge < -0.3 is 5.32 Å². The fourth-order valence-corrected chi connectivity index (χ4v) is 3.81. The van der Waals surface area contributed by atoms with E-state index in [1.165, 1.54) is 32.1 Å². The van der Waals surface area contributed by atoms with Gasteiger partial charge in [-0.25, -0.2) is 9.97 Å². The van der Waals surface area contributed by atoms with Crippen LogP contribution in [0.1, 0.15) is 51.0 Å². The molecule has 126 valence electrons. The number of hydrogen-bond donors (Lipinski definition) is 1. The van der Waals surface area contributed by atoms with Gasteiger partial charge in [0.25, 0.3) is 0 Å². The monoisotopic (exact) mass is 316 g/mol. The zero-order chi connectivity index (χ0) is 16.1. The van der Waals surface area contributed by atoms with Crippen molar-refractivity contribution < 1.29 is 4.79 Å². The number of rotatable bonds is 7. The summed E-state index contributed by atoms with van der Waals surface area (Å²) in [5, 5.41) is 3.32. The number of carbonyl (C=O) groups is 1. The predicted molar refractivity (Wildman–Crippen MR) is 89.6 cm³/mol. The Balaban J connectivity index is 1.53. The summed E-state index contributed by atoms with van der Waals surface area (Å²) in [6.07, 6.45) is 12.2. The van der Waals surface area contributed by atoms with Gasteiger partial charge >= 0.3 is 0 Å². The molecule has 2 heterocycles. The Hall–Kier alpha value is -1.49. The van der Waals surface area contributed by atoms with Gasteiger partial charge in [-0.15, -0.1) is 0 Å². The summed E-state index contributed by atoms with van der Waals surface area (Å²) in [6.45, 7) is 5.09. The van der Waals surface area contributed by atoms with Crippen molar-refractivity contribution >= 4 is 5.91 Å². The van der Waals surface area contributed by atoms with E-state index in [4.69, 9.17) is 0 Å². The Kier molecular flexibility index (Phi) is 5.60. The highest BCUT2D eigenvalue weighted by molar-refractivity contribution is 5.76. The van der Waals surface area contributed by atoms with Crippen LogP contribution in [0.25, 0.3) is 0 Å². The first-order chi connectivity index (χ1) is 11.2. The first-order valence-corrected chi connectivity index (χ1v) is 9.00. The first-order valence-electron chi connectivity index (χ1n) is 9.00. The average molecular weight is 316 g/mol. The number of amides is 1. The van der Waals surface area contributed by atoms with Crippen molar-refractivity contribution in [2.24, 2.45) is 11.8 Å². The third kappa shape index (κ3) is 4.50. The highest BCUT2D eigenvalue weighted by Gasteiger charge is 2.33. The third-order valence-electron chi connectivity index (χ3n) is 5.24. The fourth-order valence-electron chi connectivity index (χ4n) is 3.81. The second-order valence-electron chi connectivity index (χ2n) is 7.16. The van der Waals surface area contributed by atoms with Gasteiger partial charge in [0.15, 0.2) is 0 Å². The fraction of sp³-hybridized carbons (Fsp3) is 0.722. The minimum absolute atomic E-state index is 0.255. The molecule has 1 saturated heterocycles. The van der Waals surface area contributed by atoms with Crippen molar-refractivity contribution in [3.63, 3.8) is 0 Å². The molecule has 23 heavy (non-hydrogen) atoms. The Labute approximate surface area is 138 Å². The smallest absolute Gasteiger partial charge is 0.220 e. The maximum absolute atomic E-state index is 12.3. The van der Waals surface area contributed by atoms with E-state index in [2.05, 4.69) is 27.1 Å². The summed E-state index contributed by atoms with van der Waals surface area (Å²) in [5.41, 5.74) is 1.14. The molecule has 1 aliphatic heterocycles. The number of likely N-dealkylation sites (tertiary alicyclic amines) is 1. The van der Waals surface area contributed by atoms with E-state index in [1.807, 2.05) is 12.4 Å². The lowest BCUT2D eigenvalue weighted by Crippen LogP contribution is -2.41. The maximum atomic E-state index is 12.3. The highest BCUT2D eigenvalue weighted by atomic mass is 16.1. The minimum atomic E-state index is 0.255. The van der Waals surface area contributed by atoms with Crippen LogP contribution < -0.4 is 5.32 Å². The average Bonchev–Trinajstić information content (AvgIpc) is 2.86. The molecule has 1 aliphatic carbocycles. The van der Waals surface area contributed by atoms with Gasteiger partial charge in [0, 0.05) is 50.1 Å². The maximum Gasteiger partial charge on any atom is 0.220 e. The van der Waals surface area contributed by atoms with Crippen molar-refractivity contribution in [3.05, 3.63) is 24.3 Å². The number of hydrogen-bond acceptors (Lipinski definition) is 4. The lowest BCUT2D eigenvalue weighted by molar-refractivity contribution is -0.123. The molecule has 2 atom stereocenters. The second kappa shape index (κ2) is 7.86. The van der Waals surface area contributed by atoms with Gasteiger partial charge in [-0.1, -0.05) is 19.8 Å². The Morgan fingerprint density at radius 2 is 2.09 bits per heavy atom. The lowest BCUT2D eigenvalue weighted by atomic mass is 9.82. The van der Waals surface area contributed by atoms with E-state index in [-0.39, 0.29) is 5.91 Å². The molecule has 0 aromatic carbocycles. The van der Waals surface area contributed by atoms with E-state index >= 15 is 0 Å². The minimum Gasteiger partial charge on any atom is -0.352 e. The molecule has 1 aromatic rings. The molecule has 5 heteroatoms. The number of nitrogens with zero attached hydrogens (tertiary/aromatic N) is 3. The number of carbonyl (C=O) groups excluding carboxylic acids is 1. The van der Waals surface area contributed by atoms with Crippen LogP contribution in [-0.2, 0) is 11.3 Å². The summed E-state index contributed by atoms with van der Waals surface area (Å²) >= 11 is 0. The Morgan fingerprint density at radius 1 is 1.30 bits per heavy atom. The van der Waals surface area contributed by atoms with Crippen LogP contribution >= 0.6 is 0 Å². The topological polar surface area (TPSA) is 58.1 Å². The standard InChI is InChI=1S/C18H28N4O/c1-2-4-16-11-22(10-15-8-19-13-20-9-15)12-17(16)21-18(23)7-14-5-3-6-14/h8-9,13-14,16-17H,2-7,10-12H2,1H3,(H,21,23)/t16-,17-/m1/s1. The van der Waals surface area contributed by atoms with E-state index in [9.17, 15) is 4.79 Å². The summed E-state index contributed by atoms with van der Waals surface area (Å²) in [7, 11) is 0. The second-order valence-corrected chi connectivity index (χ2v) is 7.16.